The Hall–Kier alpha value is -1.14. The fraction of sp³-hybridized carbons (Fsp3) is 0.895. The number of likely N-dealkylation sites (tertiary alicyclic amines) is 1. The summed E-state index contributed by atoms with van der Waals surface area (Å²) < 4.78 is 0. The van der Waals surface area contributed by atoms with E-state index in [1.165, 1.54) is 32.1 Å². The number of hydrogen-bond donors (Lipinski definition) is 3. The predicted octanol–water partition coefficient (Wildman–Crippen LogP) is 1.68. The van der Waals surface area contributed by atoms with Crippen LogP contribution in [0.3, 0.4) is 0 Å². The number of carbonyl (C=O) groups excluding carboxylic acids is 2. The Morgan fingerprint density at radius 3 is 2.52 bits per heavy atom. The van der Waals surface area contributed by atoms with Crippen molar-refractivity contribution in [2.45, 2.75) is 63.8 Å². The monoisotopic (exact) mass is 349 g/mol. The van der Waals surface area contributed by atoms with Gasteiger partial charge in [0.25, 0.3) is 0 Å². The number of amides is 2. The molecule has 3 N–H and O–H groups in total. The van der Waals surface area contributed by atoms with E-state index in [2.05, 4.69) is 5.32 Å². The summed E-state index contributed by atoms with van der Waals surface area (Å²) in [5.41, 5.74) is 1.97. The van der Waals surface area contributed by atoms with Crippen molar-refractivity contribution in [1.82, 2.24) is 15.7 Å². The molecule has 4 fully saturated rings. The highest BCUT2D eigenvalue weighted by atomic mass is 16.5. The second-order valence-corrected chi connectivity index (χ2v) is 8.88. The summed E-state index contributed by atoms with van der Waals surface area (Å²) in [6.07, 6.45) is 10.7. The average Bonchev–Trinajstić information content (AvgIpc) is 3.22. The van der Waals surface area contributed by atoms with Crippen LogP contribution in [0.15, 0.2) is 0 Å². The van der Waals surface area contributed by atoms with Crippen molar-refractivity contribution in [3.8, 4) is 0 Å². The number of hydroxylamine groups is 1. The van der Waals surface area contributed by atoms with E-state index >= 15 is 0 Å². The first-order valence-corrected chi connectivity index (χ1v) is 10.1. The number of carbonyl (C=O) groups is 2. The Balaban J connectivity index is 1.40. The summed E-state index contributed by atoms with van der Waals surface area (Å²) >= 11 is 0. The van der Waals surface area contributed by atoms with Gasteiger partial charge in [0.1, 0.15) is 0 Å². The first kappa shape index (κ1) is 17.3. The van der Waals surface area contributed by atoms with Crippen molar-refractivity contribution < 1.29 is 14.8 Å². The van der Waals surface area contributed by atoms with Crippen molar-refractivity contribution in [2.75, 3.05) is 19.6 Å². The van der Waals surface area contributed by atoms with E-state index in [-0.39, 0.29) is 11.3 Å². The van der Waals surface area contributed by atoms with E-state index in [1.54, 1.807) is 5.48 Å². The van der Waals surface area contributed by atoms with Gasteiger partial charge < -0.3 is 10.2 Å². The van der Waals surface area contributed by atoms with Crippen LogP contribution in [0.4, 0.5) is 0 Å². The maximum atomic E-state index is 13.1. The molecule has 2 aliphatic heterocycles. The molecule has 2 aliphatic carbocycles. The largest absolute Gasteiger partial charge is 0.341 e. The molecule has 2 heterocycles. The van der Waals surface area contributed by atoms with Crippen molar-refractivity contribution >= 4 is 11.8 Å². The molecule has 1 unspecified atom stereocenters. The maximum absolute atomic E-state index is 13.1. The zero-order chi connectivity index (χ0) is 17.4. The lowest BCUT2D eigenvalue weighted by Crippen LogP contribution is -2.58. The molecule has 0 bridgehead atoms. The van der Waals surface area contributed by atoms with Crippen molar-refractivity contribution in [3.05, 3.63) is 0 Å². The lowest BCUT2D eigenvalue weighted by molar-refractivity contribution is -0.144. The third kappa shape index (κ3) is 3.43. The molecule has 0 aromatic carbocycles. The van der Waals surface area contributed by atoms with Gasteiger partial charge in [0.2, 0.25) is 11.8 Å². The molecule has 2 saturated carbocycles. The van der Waals surface area contributed by atoms with Gasteiger partial charge in [-0.3, -0.25) is 14.8 Å². The minimum absolute atomic E-state index is 0.0578. The van der Waals surface area contributed by atoms with E-state index in [9.17, 15) is 9.59 Å². The van der Waals surface area contributed by atoms with Gasteiger partial charge in [0.05, 0.1) is 12.0 Å². The maximum Gasteiger partial charge on any atom is 0.248 e. The van der Waals surface area contributed by atoms with Crippen LogP contribution < -0.4 is 10.8 Å². The number of nitrogens with zero attached hydrogens (tertiary/aromatic N) is 1. The zero-order valence-corrected chi connectivity index (χ0v) is 15.0. The molecule has 140 valence electrons. The van der Waals surface area contributed by atoms with Crippen molar-refractivity contribution in [1.29, 1.82) is 0 Å². The summed E-state index contributed by atoms with van der Waals surface area (Å²) in [6, 6.07) is -0.483. The van der Waals surface area contributed by atoms with Crippen LogP contribution in [0.1, 0.15) is 57.8 Å². The summed E-state index contributed by atoms with van der Waals surface area (Å²) in [6.45, 7) is 2.48. The highest BCUT2D eigenvalue weighted by Gasteiger charge is 2.53. The third-order valence-corrected chi connectivity index (χ3v) is 7.28. The lowest BCUT2D eigenvalue weighted by atomic mass is 9.79. The predicted molar refractivity (Wildman–Crippen MR) is 92.8 cm³/mol. The molecule has 2 saturated heterocycles. The Kier molecular flexibility index (Phi) is 4.75. The fourth-order valence-electron chi connectivity index (χ4n) is 5.44. The molecule has 3 atom stereocenters. The molecule has 0 aromatic rings. The van der Waals surface area contributed by atoms with E-state index < -0.39 is 17.9 Å². The lowest BCUT2D eigenvalue weighted by Gasteiger charge is -2.37. The van der Waals surface area contributed by atoms with Crippen LogP contribution >= 0.6 is 0 Å². The zero-order valence-electron chi connectivity index (χ0n) is 15.0. The van der Waals surface area contributed by atoms with Crippen molar-refractivity contribution in [2.24, 2.45) is 23.2 Å². The molecule has 25 heavy (non-hydrogen) atoms. The summed E-state index contributed by atoms with van der Waals surface area (Å²) in [5.74, 6) is 0.592. The first-order valence-electron chi connectivity index (χ1n) is 10.1. The Bertz CT molecular complexity index is 528. The van der Waals surface area contributed by atoms with Gasteiger partial charge in [0, 0.05) is 19.6 Å². The molecule has 4 rings (SSSR count). The van der Waals surface area contributed by atoms with Gasteiger partial charge in [0.15, 0.2) is 0 Å². The van der Waals surface area contributed by atoms with Crippen LogP contribution in [0.25, 0.3) is 0 Å². The highest BCUT2D eigenvalue weighted by Crippen LogP contribution is 2.52. The Labute approximate surface area is 149 Å². The normalized spacial score (nSPS) is 34.9. The minimum Gasteiger partial charge on any atom is -0.341 e. The smallest absolute Gasteiger partial charge is 0.248 e. The topological polar surface area (TPSA) is 81.7 Å². The number of nitrogens with one attached hydrogen (secondary N) is 2. The van der Waals surface area contributed by atoms with E-state index in [0.29, 0.717) is 12.3 Å². The minimum atomic E-state index is -0.483. The molecule has 0 aromatic heterocycles. The first-order chi connectivity index (χ1) is 12.1. The van der Waals surface area contributed by atoms with Gasteiger partial charge in [-0.05, 0) is 42.9 Å². The molecule has 2 amide bonds. The standard InChI is InChI=1S/C19H31N3O3/c23-17(21-25)15-10-19(7-8-19)12-20-16(15)18(24)22-9-6-14(11-22)13-4-2-1-3-5-13/h13-16,20,25H,1-12H2,(H,21,23)/t14?,15-,16-/m0/s1. The summed E-state index contributed by atoms with van der Waals surface area (Å²) in [4.78, 5) is 27.2. The van der Waals surface area contributed by atoms with Gasteiger partial charge in [-0.1, -0.05) is 32.1 Å². The third-order valence-electron chi connectivity index (χ3n) is 7.28. The summed E-state index contributed by atoms with van der Waals surface area (Å²) in [5, 5.41) is 12.4. The van der Waals surface area contributed by atoms with Crippen molar-refractivity contribution in [3.63, 3.8) is 0 Å². The molecule has 1 spiro atoms. The van der Waals surface area contributed by atoms with E-state index in [1.807, 2.05) is 4.90 Å². The van der Waals surface area contributed by atoms with Crippen LogP contribution in [0.5, 0.6) is 0 Å². The second kappa shape index (κ2) is 6.88. The van der Waals surface area contributed by atoms with E-state index in [0.717, 1.165) is 44.8 Å². The second-order valence-electron chi connectivity index (χ2n) is 8.88. The van der Waals surface area contributed by atoms with Gasteiger partial charge in [-0.15, -0.1) is 0 Å². The number of hydrogen-bond acceptors (Lipinski definition) is 4. The Morgan fingerprint density at radius 1 is 1.08 bits per heavy atom. The summed E-state index contributed by atoms with van der Waals surface area (Å²) in [7, 11) is 0. The molecule has 0 radical (unpaired) electrons. The Morgan fingerprint density at radius 2 is 1.84 bits per heavy atom. The van der Waals surface area contributed by atoms with Gasteiger partial charge >= 0.3 is 0 Å². The van der Waals surface area contributed by atoms with Crippen LogP contribution in [0, 0.1) is 23.2 Å². The van der Waals surface area contributed by atoms with Crippen LogP contribution in [-0.4, -0.2) is 47.6 Å². The van der Waals surface area contributed by atoms with Gasteiger partial charge in [-0.2, -0.15) is 0 Å². The number of piperidine rings is 1. The SMILES string of the molecule is O=C(NO)[C@H]1CC2(CC2)CN[C@@H]1C(=O)N1CCC(C2CCCCC2)C1. The fourth-order valence-corrected chi connectivity index (χ4v) is 5.44. The molecular weight excluding hydrogens is 318 g/mol. The van der Waals surface area contributed by atoms with Crippen LogP contribution in [-0.2, 0) is 9.59 Å². The highest BCUT2D eigenvalue weighted by molar-refractivity contribution is 5.90. The molecule has 6 nitrogen and oxygen atoms in total. The van der Waals surface area contributed by atoms with E-state index in [4.69, 9.17) is 5.21 Å². The average molecular weight is 349 g/mol. The quantitative estimate of drug-likeness (QED) is 0.535. The van der Waals surface area contributed by atoms with Gasteiger partial charge in [-0.25, -0.2) is 5.48 Å². The van der Waals surface area contributed by atoms with Crippen LogP contribution in [0.2, 0.25) is 0 Å². The number of rotatable bonds is 3. The molecule has 4 aliphatic rings. The molecular formula is C19H31N3O3. The molecule has 6 heteroatoms.